The van der Waals surface area contributed by atoms with E-state index in [1.54, 1.807) is 0 Å². The summed E-state index contributed by atoms with van der Waals surface area (Å²) in [5, 5.41) is 29.0. The zero-order valence-corrected chi connectivity index (χ0v) is 24.7. The molecular formula is C28H32ClN7O8. The predicted molar refractivity (Wildman–Crippen MR) is 154 cm³/mol. The number of aromatic nitrogens is 6. The number of carbonyl (C=O) groups is 2. The molecule has 2 aromatic carbocycles. The van der Waals surface area contributed by atoms with Crippen LogP contribution in [0.5, 0.6) is 0 Å². The Morgan fingerprint density at radius 3 is 2.50 bits per heavy atom. The Bertz CT molecular complexity index is 1510. The minimum Gasteiger partial charge on any atom is -0.432 e. The Morgan fingerprint density at radius 2 is 1.77 bits per heavy atom. The molecule has 0 unspecified atom stereocenters. The van der Waals surface area contributed by atoms with Crippen molar-refractivity contribution in [3.8, 4) is 22.5 Å². The fourth-order valence-electron chi connectivity index (χ4n) is 4.22. The van der Waals surface area contributed by atoms with Crippen molar-refractivity contribution in [3.63, 3.8) is 0 Å². The van der Waals surface area contributed by atoms with Crippen LogP contribution in [0, 0.1) is 0 Å². The highest BCUT2D eigenvalue weighted by atomic mass is 35.5. The van der Waals surface area contributed by atoms with Crippen molar-refractivity contribution in [1.82, 2.24) is 35.1 Å². The topological polar surface area (TPSA) is 176 Å². The SMILES string of the molecule is CCCCc1nc(Cl)c(C=O)n1Cc1ccc(-c2ccccc2-c2nnn(COC(=O)OCCOCCON(O)O)n2)cc1. The van der Waals surface area contributed by atoms with Crippen LogP contribution in [0.3, 0.4) is 0 Å². The molecule has 16 heteroatoms. The Balaban J connectivity index is 1.35. The number of rotatable bonds is 17. The number of hydrogen-bond acceptors (Lipinski definition) is 13. The summed E-state index contributed by atoms with van der Waals surface area (Å²) in [6, 6.07) is 15.5. The lowest BCUT2D eigenvalue weighted by molar-refractivity contribution is -0.493. The first-order valence-electron chi connectivity index (χ1n) is 13.7. The predicted octanol–water partition coefficient (Wildman–Crippen LogP) is 4.20. The zero-order chi connectivity index (χ0) is 31.3. The molecule has 2 aromatic heterocycles. The van der Waals surface area contributed by atoms with Crippen molar-refractivity contribution in [2.24, 2.45) is 0 Å². The number of carbonyl (C=O) groups excluding carboxylic acids is 2. The molecule has 44 heavy (non-hydrogen) atoms. The Morgan fingerprint density at radius 1 is 1.02 bits per heavy atom. The molecule has 2 N–H and O–H groups in total. The maximum Gasteiger partial charge on any atom is 0.510 e. The average molecular weight is 630 g/mol. The monoisotopic (exact) mass is 629 g/mol. The van der Waals surface area contributed by atoms with Crippen LogP contribution < -0.4 is 0 Å². The first-order valence-corrected chi connectivity index (χ1v) is 14.1. The van der Waals surface area contributed by atoms with Gasteiger partial charge in [-0.05, 0) is 28.3 Å². The summed E-state index contributed by atoms with van der Waals surface area (Å²) < 4.78 is 16.9. The van der Waals surface area contributed by atoms with E-state index >= 15 is 0 Å². The highest BCUT2D eigenvalue weighted by Crippen LogP contribution is 2.30. The van der Waals surface area contributed by atoms with Gasteiger partial charge in [0.1, 0.15) is 18.1 Å². The molecular weight excluding hydrogens is 598 g/mol. The fraction of sp³-hybridized carbons (Fsp3) is 0.357. The normalized spacial score (nSPS) is 11.2. The molecule has 4 rings (SSSR count). The number of unbranched alkanes of at least 4 members (excludes halogenated alkanes) is 1. The molecule has 0 radical (unpaired) electrons. The van der Waals surface area contributed by atoms with Gasteiger partial charge in [-0.3, -0.25) is 15.2 Å². The Hall–Kier alpha value is -4.25. The van der Waals surface area contributed by atoms with Crippen LogP contribution >= 0.6 is 11.6 Å². The number of tetrazole rings is 1. The number of imidazole rings is 1. The van der Waals surface area contributed by atoms with Crippen LogP contribution in [0.25, 0.3) is 22.5 Å². The summed E-state index contributed by atoms with van der Waals surface area (Å²) in [4.78, 5) is 33.4. The van der Waals surface area contributed by atoms with Crippen LogP contribution in [0.1, 0.15) is 41.6 Å². The number of hydrogen-bond donors (Lipinski definition) is 2. The summed E-state index contributed by atoms with van der Waals surface area (Å²) in [5.74, 6) is 1.13. The minimum atomic E-state index is -0.947. The van der Waals surface area contributed by atoms with E-state index in [2.05, 4.69) is 32.2 Å². The summed E-state index contributed by atoms with van der Waals surface area (Å²) in [6.45, 7) is 2.16. The molecule has 0 aliphatic rings. The van der Waals surface area contributed by atoms with E-state index in [4.69, 9.17) is 36.2 Å². The van der Waals surface area contributed by atoms with E-state index in [1.165, 1.54) is 0 Å². The largest absolute Gasteiger partial charge is 0.510 e. The van der Waals surface area contributed by atoms with E-state index < -0.39 is 11.5 Å². The van der Waals surface area contributed by atoms with Gasteiger partial charge in [0.2, 0.25) is 12.6 Å². The molecule has 15 nitrogen and oxygen atoms in total. The third-order valence-electron chi connectivity index (χ3n) is 6.31. The molecule has 0 bridgehead atoms. The summed E-state index contributed by atoms with van der Waals surface area (Å²) in [7, 11) is 0. The summed E-state index contributed by atoms with van der Waals surface area (Å²) in [5.41, 5.74) is 3.87. The van der Waals surface area contributed by atoms with Gasteiger partial charge in [-0.25, -0.2) is 14.6 Å². The second-order valence-corrected chi connectivity index (χ2v) is 9.67. The van der Waals surface area contributed by atoms with E-state index in [0.29, 0.717) is 18.1 Å². The first kappa shape index (κ1) is 32.7. The number of aldehydes is 1. The lowest BCUT2D eigenvalue weighted by Gasteiger charge is -2.11. The first-order chi connectivity index (χ1) is 21.4. The molecule has 0 saturated heterocycles. The highest BCUT2D eigenvalue weighted by molar-refractivity contribution is 6.31. The van der Waals surface area contributed by atoms with Gasteiger partial charge in [0.25, 0.3) is 0 Å². The summed E-state index contributed by atoms with van der Waals surface area (Å²) in [6.07, 6.45) is 2.48. The van der Waals surface area contributed by atoms with Crippen LogP contribution in [0.2, 0.25) is 5.15 Å². The third-order valence-corrected chi connectivity index (χ3v) is 6.59. The minimum absolute atomic E-state index is 0.0519. The van der Waals surface area contributed by atoms with E-state index in [9.17, 15) is 9.59 Å². The van der Waals surface area contributed by atoms with Gasteiger partial charge in [-0.15, -0.1) is 15.0 Å². The molecule has 4 aromatic rings. The Kier molecular flexibility index (Phi) is 12.3. The van der Waals surface area contributed by atoms with E-state index in [-0.39, 0.29) is 38.3 Å². The van der Waals surface area contributed by atoms with Gasteiger partial charge in [-0.1, -0.05) is 73.5 Å². The maximum atomic E-state index is 11.8. The van der Waals surface area contributed by atoms with Crippen molar-refractivity contribution in [2.75, 3.05) is 26.4 Å². The molecule has 234 valence electrons. The van der Waals surface area contributed by atoms with Crippen molar-refractivity contribution < 1.29 is 39.1 Å². The quantitative estimate of drug-likeness (QED) is 0.0736. The number of benzene rings is 2. The molecule has 0 fully saturated rings. The number of ether oxygens (including phenoxy) is 3. The Labute approximate surface area is 257 Å². The molecule has 0 aliphatic heterocycles. The summed E-state index contributed by atoms with van der Waals surface area (Å²) >= 11 is 6.23. The molecule has 0 amide bonds. The van der Waals surface area contributed by atoms with Crippen molar-refractivity contribution in [1.29, 1.82) is 0 Å². The van der Waals surface area contributed by atoms with Crippen LogP contribution in [0.4, 0.5) is 4.79 Å². The van der Waals surface area contributed by atoms with Gasteiger partial charge in [0.15, 0.2) is 11.4 Å². The molecule has 2 heterocycles. The molecule has 0 aliphatic carbocycles. The van der Waals surface area contributed by atoms with Crippen molar-refractivity contribution in [3.05, 3.63) is 70.8 Å². The van der Waals surface area contributed by atoms with Crippen molar-refractivity contribution >= 4 is 24.0 Å². The van der Waals surface area contributed by atoms with Gasteiger partial charge in [-0.2, -0.15) is 0 Å². The molecule has 0 spiro atoms. The van der Waals surface area contributed by atoms with Crippen LogP contribution in [0.15, 0.2) is 48.5 Å². The third kappa shape index (κ3) is 9.12. The van der Waals surface area contributed by atoms with Crippen LogP contribution in [-0.2, 0) is 38.7 Å². The second kappa shape index (κ2) is 16.6. The second-order valence-electron chi connectivity index (χ2n) is 9.31. The lowest BCUT2D eigenvalue weighted by atomic mass is 9.98. The fourth-order valence-corrected chi connectivity index (χ4v) is 4.46. The van der Waals surface area contributed by atoms with Gasteiger partial charge < -0.3 is 18.8 Å². The molecule has 0 atom stereocenters. The maximum absolute atomic E-state index is 11.8. The zero-order valence-electron chi connectivity index (χ0n) is 23.9. The number of aryl methyl sites for hydroxylation is 1. The van der Waals surface area contributed by atoms with Crippen LogP contribution in [-0.4, -0.2) is 84.4 Å². The number of halogens is 1. The van der Waals surface area contributed by atoms with Gasteiger partial charge in [0, 0.05) is 18.5 Å². The average Bonchev–Trinajstić information content (AvgIpc) is 3.62. The highest BCUT2D eigenvalue weighted by Gasteiger charge is 2.17. The smallest absolute Gasteiger partial charge is 0.432 e. The molecule has 0 saturated carbocycles. The van der Waals surface area contributed by atoms with Gasteiger partial charge in [0.05, 0.1) is 25.2 Å². The van der Waals surface area contributed by atoms with Gasteiger partial charge >= 0.3 is 6.16 Å². The van der Waals surface area contributed by atoms with E-state index in [0.717, 1.165) is 58.4 Å². The van der Waals surface area contributed by atoms with E-state index in [1.807, 2.05) is 53.1 Å². The van der Waals surface area contributed by atoms with Crippen molar-refractivity contribution in [2.45, 2.75) is 39.5 Å². The lowest BCUT2D eigenvalue weighted by Crippen LogP contribution is -2.19. The number of nitrogens with zero attached hydrogens (tertiary/aromatic N) is 7. The standard InChI is InChI=1S/C28H32ClN7O8/c1-2-3-8-25-30-26(29)24(18-37)34(25)17-20-9-11-21(12-10-20)22-6-4-5-7-23(22)27-31-33-35(32-27)19-43-28(38)42-15-13-41-14-16-44-36(39)40/h4-7,9-12,18,39-40H,2-3,8,13-17,19H2,1H3.